The van der Waals surface area contributed by atoms with E-state index in [-0.39, 0.29) is 5.91 Å². The number of rotatable bonds is 8. The van der Waals surface area contributed by atoms with Crippen LogP contribution in [-0.4, -0.2) is 24.7 Å². The Morgan fingerprint density at radius 1 is 0.968 bits per heavy atom. The van der Waals surface area contributed by atoms with Crippen LogP contribution in [0.4, 0.5) is 0 Å². The number of hydrazone groups is 1. The SMILES string of the molecule is CCCOc1ccc(C(=O)N/N=C\c2ccc(OC(=O)c3ccccc3Br)cc2)cc1. The molecule has 1 N–H and O–H groups in total. The molecule has 0 aromatic heterocycles. The number of hydrogen-bond donors (Lipinski definition) is 1. The van der Waals surface area contributed by atoms with Crippen LogP contribution in [0.3, 0.4) is 0 Å². The molecule has 0 aliphatic carbocycles. The van der Waals surface area contributed by atoms with Gasteiger partial charge in [0.2, 0.25) is 0 Å². The summed E-state index contributed by atoms with van der Waals surface area (Å²) in [7, 11) is 0. The first-order chi connectivity index (χ1) is 15.1. The van der Waals surface area contributed by atoms with Crippen LogP contribution in [0.25, 0.3) is 0 Å². The normalized spacial score (nSPS) is 10.6. The number of esters is 1. The summed E-state index contributed by atoms with van der Waals surface area (Å²) in [6.07, 6.45) is 2.43. The standard InChI is InChI=1S/C24H21BrN2O4/c1-2-15-30-19-13-9-18(10-14-19)23(28)27-26-16-17-7-11-20(12-8-17)31-24(29)21-5-3-4-6-22(21)25/h3-14,16H,2,15H2,1H3,(H,27,28)/b26-16-. The Bertz CT molecular complexity index is 1060. The molecular weight excluding hydrogens is 460 g/mol. The summed E-state index contributed by atoms with van der Waals surface area (Å²) in [4.78, 5) is 24.4. The lowest BCUT2D eigenvalue weighted by molar-refractivity contribution is 0.0733. The van der Waals surface area contributed by atoms with Crippen molar-refractivity contribution in [2.45, 2.75) is 13.3 Å². The Hall–Kier alpha value is -3.45. The highest BCUT2D eigenvalue weighted by atomic mass is 79.9. The molecule has 0 bridgehead atoms. The van der Waals surface area contributed by atoms with Gasteiger partial charge in [-0.05, 0) is 88.6 Å². The first-order valence-electron chi connectivity index (χ1n) is 9.70. The Morgan fingerprint density at radius 2 is 1.65 bits per heavy atom. The number of nitrogens with zero attached hydrogens (tertiary/aromatic N) is 1. The van der Waals surface area contributed by atoms with Crippen LogP contribution >= 0.6 is 15.9 Å². The molecular formula is C24H21BrN2O4. The number of ether oxygens (including phenoxy) is 2. The van der Waals surface area contributed by atoms with Crippen molar-refractivity contribution < 1.29 is 19.1 Å². The fourth-order valence-corrected chi connectivity index (χ4v) is 3.01. The van der Waals surface area contributed by atoms with Gasteiger partial charge in [-0.25, -0.2) is 10.2 Å². The van der Waals surface area contributed by atoms with E-state index in [9.17, 15) is 9.59 Å². The van der Waals surface area contributed by atoms with E-state index in [4.69, 9.17) is 9.47 Å². The van der Waals surface area contributed by atoms with Crippen molar-refractivity contribution >= 4 is 34.0 Å². The molecule has 7 heteroatoms. The van der Waals surface area contributed by atoms with E-state index in [1.165, 1.54) is 6.21 Å². The minimum absolute atomic E-state index is 0.322. The van der Waals surface area contributed by atoms with Crippen LogP contribution in [0.15, 0.2) is 82.4 Å². The Morgan fingerprint density at radius 3 is 2.32 bits per heavy atom. The number of carbonyl (C=O) groups excluding carboxylic acids is 2. The molecule has 31 heavy (non-hydrogen) atoms. The summed E-state index contributed by atoms with van der Waals surface area (Å²) in [5.41, 5.74) is 4.15. The second-order valence-corrected chi connectivity index (χ2v) is 7.36. The van der Waals surface area contributed by atoms with Gasteiger partial charge in [-0.3, -0.25) is 4.79 Å². The molecule has 0 fully saturated rings. The first-order valence-corrected chi connectivity index (χ1v) is 10.5. The van der Waals surface area contributed by atoms with E-state index in [1.807, 2.05) is 13.0 Å². The predicted molar refractivity (Wildman–Crippen MR) is 123 cm³/mol. The fourth-order valence-electron chi connectivity index (χ4n) is 2.56. The lowest BCUT2D eigenvalue weighted by atomic mass is 10.2. The van der Waals surface area contributed by atoms with Crippen molar-refractivity contribution in [3.8, 4) is 11.5 Å². The second kappa shape index (κ2) is 11.1. The molecule has 3 aromatic rings. The third kappa shape index (κ3) is 6.52. The van der Waals surface area contributed by atoms with Crippen LogP contribution in [0.2, 0.25) is 0 Å². The topological polar surface area (TPSA) is 77.0 Å². The van der Waals surface area contributed by atoms with Crippen molar-refractivity contribution in [1.82, 2.24) is 5.43 Å². The number of amides is 1. The summed E-state index contributed by atoms with van der Waals surface area (Å²) in [6, 6.07) is 20.7. The lowest BCUT2D eigenvalue weighted by Gasteiger charge is -2.06. The zero-order valence-corrected chi connectivity index (χ0v) is 18.5. The van der Waals surface area contributed by atoms with Crippen molar-refractivity contribution in [2.75, 3.05) is 6.61 Å². The molecule has 6 nitrogen and oxygen atoms in total. The highest BCUT2D eigenvalue weighted by molar-refractivity contribution is 9.10. The summed E-state index contributed by atoms with van der Waals surface area (Å²) in [5.74, 6) is 0.360. The molecule has 0 aliphatic rings. The molecule has 0 unspecified atom stereocenters. The maximum absolute atomic E-state index is 12.2. The van der Waals surface area contributed by atoms with Crippen molar-refractivity contribution in [2.24, 2.45) is 5.10 Å². The van der Waals surface area contributed by atoms with E-state index >= 15 is 0 Å². The van der Waals surface area contributed by atoms with Crippen LogP contribution in [0, 0.1) is 0 Å². The van der Waals surface area contributed by atoms with Gasteiger partial charge in [-0.15, -0.1) is 0 Å². The van der Waals surface area contributed by atoms with Gasteiger partial charge in [0.05, 0.1) is 18.4 Å². The molecule has 158 valence electrons. The molecule has 0 atom stereocenters. The zero-order valence-electron chi connectivity index (χ0n) is 16.9. The van der Waals surface area contributed by atoms with Gasteiger partial charge in [0.25, 0.3) is 5.91 Å². The van der Waals surface area contributed by atoms with E-state index in [0.717, 1.165) is 17.7 Å². The van der Waals surface area contributed by atoms with E-state index in [2.05, 4.69) is 26.5 Å². The summed E-state index contributed by atoms with van der Waals surface area (Å²) in [5, 5.41) is 3.97. The summed E-state index contributed by atoms with van der Waals surface area (Å²) in [6.45, 7) is 2.67. The molecule has 0 spiro atoms. The molecule has 3 aromatic carbocycles. The Kier molecular flexibility index (Phi) is 7.95. The number of benzene rings is 3. The van der Waals surface area contributed by atoms with Crippen LogP contribution < -0.4 is 14.9 Å². The monoisotopic (exact) mass is 480 g/mol. The third-order valence-corrected chi connectivity index (χ3v) is 4.84. The van der Waals surface area contributed by atoms with E-state index < -0.39 is 5.97 Å². The van der Waals surface area contributed by atoms with Crippen molar-refractivity contribution in [1.29, 1.82) is 0 Å². The highest BCUT2D eigenvalue weighted by Crippen LogP contribution is 2.19. The van der Waals surface area contributed by atoms with Crippen molar-refractivity contribution in [3.63, 3.8) is 0 Å². The average Bonchev–Trinajstić information content (AvgIpc) is 2.79. The number of halogens is 1. The van der Waals surface area contributed by atoms with Gasteiger partial charge in [0, 0.05) is 10.0 Å². The van der Waals surface area contributed by atoms with E-state index in [1.54, 1.807) is 66.7 Å². The van der Waals surface area contributed by atoms with Gasteiger partial charge < -0.3 is 9.47 Å². The maximum atomic E-state index is 12.2. The largest absolute Gasteiger partial charge is 0.494 e. The average molecular weight is 481 g/mol. The molecule has 0 saturated heterocycles. The third-order valence-electron chi connectivity index (χ3n) is 4.15. The van der Waals surface area contributed by atoms with Crippen LogP contribution in [0.5, 0.6) is 11.5 Å². The Labute approximate surface area is 189 Å². The van der Waals surface area contributed by atoms with Gasteiger partial charge in [-0.2, -0.15) is 5.10 Å². The Balaban J connectivity index is 1.53. The van der Waals surface area contributed by atoms with Gasteiger partial charge in [0.15, 0.2) is 0 Å². The zero-order chi connectivity index (χ0) is 22.1. The summed E-state index contributed by atoms with van der Waals surface area (Å²) < 4.78 is 11.5. The van der Waals surface area contributed by atoms with Gasteiger partial charge in [0.1, 0.15) is 11.5 Å². The molecule has 3 rings (SSSR count). The molecule has 0 saturated carbocycles. The van der Waals surface area contributed by atoms with Crippen LogP contribution in [-0.2, 0) is 0 Å². The minimum Gasteiger partial charge on any atom is -0.494 e. The minimum atomic E-state index is -0.452. The van der Waals surface area contributed by atoms with Gasteiger partial charge >= 0.3 is 5.97 Å². The summed E-state index contributed by atoms with van der Waals surface area (Å²) >= 11 is 3.33. The van der Waals surface area contributed by atoms with Crippen molar-refractivity contribution in [3.05, 3.63) is 94.0 Å². The maximum Gasteiger partial charge on any atom is 0.344 e. The molecule has 1 amide bonds. The predicted octanol–water partition coefficient (Wildman–Crippen LogP) is 5.22. The first kappa shape index (κ1) is 22.2. The fraction of sp³-hybridized carbons (Fsp3) is 0.125. The number of hydrogen-bond acceptors (Lipinski definition) is 5. The molecule has 0 aliphatic heterocycles. The highest BCUT2D eigenvalue weighted by Gasteiger charge is 2.11. The van der Waals surface area contributed by atoms with Gasteiger partial charge in [-0.1, -0.05) is 19.1 Å². The number of carbonyl (C=O) groups is 2. The quantitative estimate of drug-likeness (QED) is 0.207. The lowest BCUT2D eigenvalue weighted by Crippen LogP contribution is -2.17. The molecule has 0 heterocycles. The number of nitrogens with one attached hydrogen (secondary N) is 1. The van der Waals surface area contributed by atoms with E-state index in [0.29, 0.717) is 28.0 Å². The molecule has 0 radical (unpaired) electrons. The second-order valence-electron chi connectivity index (χ2n) is 6.51. The smallest absolute Gasteiger partial charge is 0.344 e. The van der Waals surface area contributed by atoms with Crippen LogP contribution in [0.1, 0.15) is 39.6 Å².